The average molecular weight is 640 g/mol. The number of nitrogens with zero attached hydrogens (tertiary/aromatic N) is 2. The first kappa shape index (κ1) is 33.6. The highest BCUT2D eigenvalue weighted by molar-refractivity contribution is 5.86. The topological polar surface area (TPSA) is 247 Å². The van der Waals surface area contributed by atoms with Crippen molar-refractivity contribution >= 4 is 23.8 Å². The van der Waals surface area contributed by atoms with Gasteiger partial charge in [-0.25, -0.2) is 20.2 Å². The molecule has 2 heterocycles. The smallest absolute Gasteiger partial charge is 0.413 e. The molecule has 0 aliphatic carbocycles. The summed E-state index contributed by atoms with van der Waals surface area (Å²) >= 11 is 0. The van der Waals surface area contributed by atoms with Crippen molar-refractivity contribution in [3.63, 3.8) is 0 Å². The molecule has 1 aliphatic heterocycles. The minimum absolute atomic E-state index is 0.0674. The summed E-state index contributed by atoms with van der Waals surface area (Å²) in [7, 11) is 0. The molecule has 1 saturated heterocycles. The van der Waals surface area contributed by atoms with E-state index in [0.717, 1.165) is 5.56 Å². The molecule has 1 aliphatic rings. The number of carboxylic acids is 1. The summed E-state index contributed by atoms with van der Waals surface area (Å²) in [6, 6.07) is 12.5. The predicted molar refractivity (Wildman–Crippen MR) is 159 cm³/mol. The first-order valence-electron chi connectivity index (χ1n) is 13.9. The Morgan fingerprint density at radius 1 is 1.15 bits per heavy atom. The van der Waals surface area contributed by atoms with Crippen molar-refractivity contribution in [2.75, 3.05) is 11.9 Å². The van der Waals surface area contributed by atoms with Gasteiger partial charge in [-0.2, -0.15) is 4.98 Å². The molecule has 16 heteroatoms. The zero-order valence-corrected chi connectivity index (χ0v) is 24.5. The third kappa shape index (κ3) is 8.45. The van der Waals surface area contributed by atoms with Gasteiger partial charge in [0.15, 0.2) is 12.3 Å². The number of anilines is 1. The van der Waals surface area contributed by atoms with E-state index in [2.05, 4.69) is 21.9 Å². The number of nitrogens with one attached hydrogen (secondary N) is 2. The Bertz CT molecular complexity index is 1630. The average Bonchev–Trinajstić information content (AvgIpc) is 3.38. The molecule has 16 nitrogen and oxygen atoms in total. The SMILES string of the molecule is C=C1C(c2cc(NC(=O)OC(C)[C@@H](C(=O)O)N(N)C(=O)CCc3ccc(Oc4ccc(O)cc4)cc3)nc(=O)[nH]2)OC[C@H]1C(O)O. The number of aromatic amines is 1. The molecule has 0 bridgehead atoms. The van der Waals surface area contributed by atoms with Crippen molar-refractivity contribution in [1.29, 1.82) is 0 Å². The minimum Gasteiger partial charge on any atom is -0.508 e. The molecular formula is C30H33N5O11. The van der Waals surface area contributed by atoms with Gasteiger partial charge < -0.3 is 39.6 Å². The number of ether oxygens (including phenoxy) is 3. The lowest BCUT2D eigenvalue weighted by atomic mass is 9.97. The van der Waals surface area contributed by atoms with Gasteiger partial charge in [0.1, 0.15) is 35.3 Å². The van der Waals surface area contributed by atoms with Gasteiger partial charge in [0.05, 0.1) is 18.2 Å². The number of aromatic hydroxyl groups is 1. The number of carboxylic acid groups (broad SMARTS) is 1. The molecule has 3 aromatic rings. The van der Waals surface area contributed by atoms with Crippen molar-refractivity contribution in [2.45, 2.75) is 44.3 Å². The molecule has 46 heavy (non-hydrogen) atoms. The van der Waals surface area contributed by atoms with Gasteiger partial charge in [0, 0.05) is 12.5 Å². The van der Waals surface area contributed by atoms with Crippen LogP contribution in [0.25, 0.3) is 0 Å². The molecule has 2 aromatic carbocycles. The molecular weight excluding hydrogens is 606 g/mol. The number of aromatic nitrogens is 2. The van der Waals surface area contributed by atoms with E-state index in [0.29, 0.717) is 16.5 Å². The van der Waals surface area contributed by atoms with Gasteiger partial charge in [0.2, 0.25) is 5.91 Å². The largest absolute Gasteiger partial charge is 0.508 e. The Labute approximate surface area is 261 Å². The van der Waals surface area contributed by atoms with Gasteiger partial charge >= 0.3 is 17.8 Å². The molecule has 2 unspecified atom stereocenters. The third-order valence-corrected chi connectivity index (χ3v) is 7.10. The second-order valence-corrected chi connectivity index (χ2v) is 10.4. The van der Waals surface area contributed by atoms with E-state index in [1.165, 1.54) is 25.1 Å². The van der Waals surface area contributed by atoms with Crippen molar-refractivity contribution < 1.29 is 49.0 Å². The van der Waals surface area contributed by atoms with Gasteiger partial charge in [-0.15, -0.1) is 0 Å². The minimum atomic E-state index is -1.75. The number of rotatable bonds is 12. The fourth-order valence-electron chi connectivity index (χ4n) is 4.68. The molecule has 244 valence electrons. The lowest BCUT2D eigenvalue weighted by Crippen LogP contribution is -2.55. The van der Waals surface area contributed by atoms with Crippen LogP contribution in [-0.2, 0) is 25.5 Å². The van der Waals surface area contributed by atoms with Crippen LogP contribution in [0.2, 0.25) is 0 Å². The van der Waals surface area contributed by atoms with E-state index in [1.807, 2.05) is 0 Å². The highest BCUT2D eigenvalue weighted by atomic mass is 16.6. The monoisotopic (exact) mass is 639 g/mol. The number of aliphatic hydroxyl groups is 2. The third-order valence-electron chi connectivity index (χ3n) is 7.10. The molecule has 8 N–H and O–H groups in total. The molecule has 4 rings (SSSR count). The number of phenolic OH excluding ortho intramolecular Hbond substituents is 1. The number of carbonyl (C=O) groups is 3. The van der Waals surface area contributed by atoms with Crippen LogP contribution in [0.15, 0.2) is 71.5 Å². The van der Waals surface area contributed by atoms with E-state index < -0.39 is 54.1 Å². The highest BCUT2D eigenvalue weighted by Crippen LogP contribution is 2.37. The van der Waals surface area contributed by atoms with Crippen LogP contribution >= 0.6 is 0 Å². The number of phenols is 1. The molecule has 0 saturated carbocycles. The Balaban J connectivity index is 1.32. The highest BCUT2D eigenvalue weighted by Gasteiger charge is 2.37. The number of aryl methyl sites for hydroxylation is 1. The molecule has 1 fully saturated rings. The van der Waals surface area contributed by atoms with Gasteiger partial charge in [-0.3, -0.25) is 15.1 Å². The van der Waals surface area contributed by atoms with Gasteiger partial charge in [-0.05, 0) is 60.9 Å². The molecule has 2 amide bonds. The number of hydrogen-bond acceptors (Lipinski definition) is 12. The van der Waals surface area contributed by atoms with Crippen LogP contribution in [-0.4, -0.2) is 78.4 Å². The Morgan fingerprint density at radius 2 is 1.78 bits per heavy atom. The number of carbonyl (C=O) groups excluding carboxylic acids is 2. The van der Waals surface area contributed by atoms with Crippen LogP contribution in [0.4, 0.5) is 10.6 Å². The zero-order chi connectivity index (χ0) is 33.5. The van der Waals surface area contributed by atoms with Crippen LogP contribution < -0.4 is 21.6 Å². The van der Waals surface area contributed by atoms with Crippen molar-refractivity contribution in [3.8, 4) is 17.2 Å². The van der Waals surface area contributed by atoms with Crippen LogP contribution in [0, 0.1) is 5.92 Å². The second-order valence-electron chi connectivity index (χ2n) is 10.4. The molecule has 4 atom stereocenters. The number of hydrogen-bond donors (Lipinski definition) is 7. The summed E-state index contributed by atoms with van der Waals surface area (Å²) in [5, 5.41) is 40.8. The standard InChI is InChI=1S/C30H33N5O11/c1-15-21(27(38)39)14-44-26(15)22-13-23(33-29(42)32-22)34-30(43)45-16(2)25(28(40)41)35(31)24(37)12-5-17-3-8-19(9-4-17)46-20-10-6-18(36)7-11-20/h3-4,6-11,13,16,21,25-27,36,38-39H,1,5,12,14,31H2,2H3,(H,40,41)(H2,32,33,34,42,43)/t16?,21-,25+,26?/m1/s1. The van der Waals surface area contributed by atoms with Crippen molar-refractivity contribution in [1.82, 2.24) is 15.0 Å². The lowest BCUT2D eigenvalue weighted by molar-refractivity contribution is -0.155. The van der Waals surface area contributed by atoms with E-state index in [4.69, 9.17) is 20.1 Å². The fraction of sp³-hybridized carbons (Fsp3) is 0.300. The molecule has 0 spiro atoms. The Morgan fingerprint density at radius 3 is 2.37 bits per heavy atom. The van der Waals surface area contributed by atoms with E-state index in [-0.39, 0.29) is 42.3 Å². The number of nitrogens with two attached hydrogens (primary N) is 1. The number of aliphatic hydroxyl groups excluding tert-OH is 1. The maximum atomic E-state index is 12.8. The molecule has 0 radical (unpaired) electrons. The predicted octanol–water partition coefficient (Wildman–Crippen LogP) is 1.55. The van der Waals surface area contributed by atoms with Gasteiger partial charge in [-0.1, -0.05) is 18.7 Å². The van der Waals surface area contributed by atoms with Crippen LogP contribution in [0.3, 0.4) is 0 Å². The Kier molecular flexibility index (Phi) is 10.7. The normalized spacial score (nSPS) is 17.3. The summed E-state index contributed by atoms with van der Waals surface area (Å²) < 4.78 is 16.3. The van der Waals surface area contributed by atoms with E-state index in [9.17, 15) is 39.6 Å². The van der Waals surface area contributed by atoms with Crippen molar-refractivity contribution in [3.05, 3.63) is 88.5 Å². The van der Waals surface area contributed by atoms with Crippen molar-refractivity contribution in [2.24, 2.45) is 11.8 Å². The first-order valence-corrected chi connectivity index (χ1v) is 13.9. The van der Waals surface area contributed by atoms with Crippen LogP contribution in [0.5, 0.6) is 17.2 Å². The summed E-state index contributed by atoms with van der Waals surface area (Å²) in [4.78, 5) is 55.6. The maximum Gasteiger partial charge on any atom is 0.413 e. The summed E-state index contributed by atoms with van der Waals surface area (Å²) in [6.07, 6.45) is -5.19. The Hall–Kier alpha value is -5.29. The molecule has 1 aromatic heterocycles. The number of aliphatic carboxylic acids is 1. The number of benzene rings is 2. The maximum absolute atomic E-state index is 12.8. The fourth-order valence-corrected chi connectivity index (χ4v) is 4.68. The number of amides is 2. The van der Waals surface area contributed by atoms with E-state index >= 15 is 0 Å². The number of hydrazine groups is 1. The quantitative estimate of drug-likeness (QED) is 0.0489. The number of H-pyrrole nitrogens is 1. The van der Waals surface area contributed by atoms with Gasteiger partial charge in [0.25, 0.3) is 0 Å². The second kappa shape index (κ2) is 14.7. The van der Waals surface area contributed by atoms with E-state index in [1.54, 1.807) is 36.4 Å². The first-order chi connectivity index (χ1) is 21.8. The summed E-state index contributed by atoms with van der Waals surface area (Å²) in [5.41, 5.74) is 0.285. The zero-order valence-electron chi connectivity index (χ0n) is 24.5. The summed E-state index contributed by atoms with van der Waals surface area (Å²) in [6.45, 7) is 4.94. The summed E-state index contributed by atoms with van der Waals surface area (Å²) in [5.74, 6) is 3.70. The lowest BCUT2D eigenvalue weighted by Gasteiger charge is -2.28. The van der Waals surface area contributed by atoms with Crippen LogP contribution in [0.1, 0.15) is 30.7 Å².